The number of aliphatic hydroxyl groups is 1. The second kappa shape index (κ2) is 6.44. The van der Waals surface area contributed by atoms with Crippen molar-refractivity contribution in [1.82, 2.24) is 0 Å². The molecule has 2 rings (SSSR count). The van der Waals surface area contributed by atoms with Gasteiger partial charge in [0.05, 0.1) is 18.8 Å². The van der Waals surface area contributed by atoms with Gasteiger partial charge in [0.15, 0.2) is 5.41 Å². The highest BCUT2D eigenvalue weighted by Crippen LogP contribution is 2.51. The van der Waals surface area contributed by atoms with E-state index in [1.165, 1.54) is 0 Å². The summed E-state index contributed by atoms with van der Waals surface area (Å²) in [4.78, 5) is 0. The lowest BCUT2D eigenvalue weighted by atomic mass is 9.81. The van der Waals surface area contributed by atoms with Crippen LogP contribution in [-0.4, -0.2) is 42.9 Å². The summed E-state index contributed by atoms with van der Waals surface area (Å²) in [6, 6.07) is 3.50. The molecule has 24 heavy (non-hydrogen) atoms. The largest absolute Gasteiger partial charge is 0.491 e. The first-order valence-corrected chi connectivity index (χ1v) is 7.11. The Morgan fingerprint density at radius 3 is 2.04 bits per heavy atom. The molecule has 136 valence electrons. The van der Waals surface area contributed by atoms with Crippen LogP contribution >= 0.6 is 0 Å². The summed E-state index contributed by atoms with van der Waals surface area (Å²) < 4.78 is 87.9. The molecule has 1 heterocycles. The van der Waals surface area contributed by atoms with E-state index in [1.807, 2.05) is 0 Å². The van der Waals surface area contributed by atoms with E-state index in [0.29, 0.717) is 13.0 Å². The smallest absolute Gasteiger partial charge is 0.406 e. The van der Waals surface area contributed by atoms with E-state index in [2.05, 4.69) is 0 Å². The van der Waals surface area contributed by atoms with Gasteiger partial charge in [0.1, 0.15) is 12.4 Å². The van der Waals surface area contributed by atoms with E-state index in [-0.39, 0.29) is 25.4 Å². The van der Waals surface area contributed by atoms with Crippen LogP contribution in [0, 0.1) is 0 Å². The highest BCUT2D eigenvalue weighted by Gasteiger charge is 2.68. The third kappa shape index (κ3) is 3.94. The standard InChI is InChI=1S/C15H16F6O3/c1-13(14(16,17)18,15(19,20)21)9-2-4-11(5-3-9)23-7-10(22)6-12-8-24-12/h2-5,10,12,22H,6-8H2,1H3. The Bertz CT molecular complexity index is 534. The average Bonchev–Trinajstić information content (AvgIpc) is 3.26. The lowest BCUT2D eigenvalue weighted by Gasteiger charge is -2.34. The Labute approximate surface area is 134 Å². The maximum Gasteiger partial charge on any atom is 0.406 e. The van der Waals surface area contributed by atoms with Crippen LogP contribution in [0.25, 0.3) is 0 Å². The third-order valence-corrected chi connectivity index (χ3v) is 3.95. The van der Waals surface area contributed by atoms with Gasteiger partial charge in [-0.1, -0.05) is 12.1 Å². The van der Waals surface area contributed by atoms with Crippen LogP contribution in [0.2, 0.25) is 0 Å². The Balaban J connectivity index is 2.09. The molecule has 0 amide bonds. The minimum Gasteiger partial charge on any atom is -0.491 e. The fraction of sp³-hybridized carbons (Fsp3) is 0.600. The maximum atomic E-state index is 13.0. The van der Waals surface area contributed by atoms with E-state index in [9.17, 15) is 31.4 Å². The van der Waals surface area contributed by atoms with Crippen molar-refractivity contribution in [2.75, 3.05) is 13.2 Å². The van der Waals surface area contributed by atoms with Crippen LogP contribution < -0.4 is 4.74 Å². The van der Waals surface area contributed by atoms with Gasteiger partial charge in [-0.2, -0.15) is 26.3 Å². The number of hydrogen-bond donors (Lipinski definition) is 1. The summed E-state index contributed by atoms with van der Waals surface area (Å²) in [7, 11) is 0. The van der Waals surface area contributed by atoms with Crippen molar-refractivity contribution < 1.29 is 40.9 Å². The van der Waals surface area contributed by atoms with E-state index in [4.69, 9.17) is 9.47 Å². The van der Waals surface area contributed by atoms with Gasteiger partial charge in [-0.25, -0.2) is 0 Å². The molecule has 1 fully saturated rings. The van der Waals surface area contributed by atoms with Crippen LogP contribution in [0.4, 0.5) is 26.3 Å². The minimum atomic E-state index is -5.49. The van der Waals surface area contributed by atoms with E-state index in [1.54, 1.807) is 0 Å². The van der Waals surface area contributed by atoms with Gasteiger partial charge in [-0.15, -0.1) is 0 Å². The molecule has 0 radical (unpaired) electrons. The number of benzene rings is 1. The summed E-state index contributed by atoms with van der Waals surface area (Å²) in [6.45, 7) is 0.524. The topological polar surface area (TPSA) is 42.0 Å². The third-order valence-electron chi connectivity index (χ3n) is 3.95. The SMILES string of the molecule is CC(c1ccc(OCC(O)CC2CO2)cc1)(C(F)(F)F)C(F)(F)F. The van der Waals surface area contributed by atoms with E-state index < -0.39 is 29.4 Å². The fourth-order valence-electron chi connectivity index (χ4n) is 2.14. The molecule has 0 spiro atoms. The van der Waals surface area contributed by atoms with Crippen LogP contribution in [0.15, 0.2) is 24.3 Å². The molecule has 3 nitrogen and oxygen atoms in total. The lowest BCUT2D eigenvalue weighted by molar-refractivity contribution is -0.297. The molecule has 1 saturated heterocycles. The van der Waals surface area contributed by atoms with Gasteiger partial charge >= 0.3 is 12.4 Å². The molecule has 0 aliphatic carbocycles. The van der Waals surface area contributed by atoms with Crippen molar-refractivity contribution in [3.8, 4) is 5.75 Å². The van der Waals surface area contributed by atoms with Crippen molar-refractivity contribution in [2.24, 2.45) is 0 Å². The van der Waals surface area contributed by atoms with Crippen molar-refractivity contribution in [3.05, 3.63) is 29.8 Å². The zero-order chi connectivity index (χ0) is 18.2. The van der Waals surface area contributed by atoms with Crippen molar-refractivity contribution in [3.63, 3.8) is 0 Å². The quantitative estimate of drug-likeness (QED) is 0.624. The molecule has 0 saturated carbocycles. The Kier molecular flexibility index (Phi) is 5.06. The molecule has 1 aliphatic rings. The number of rotatable bonds is 6. The Hall–Kier alpha value is -1.48. The molecular weight excluding hydrogens is 342 g/mol. The van der Waals surface area contributed by atoms with Gasteiger partial charge in [0.25, 0.3) is 0 Å². The van der Waals surface area contributed by atoms with Crippen LogP contribution in [0.1, 0.15) is 18.9 Å². The van der Waals surface area contributed by atoms with Gasteiger partial charge in [-0.3, -0.25) is 0 Å². The molecule has 0 aromatic heterocycles. The van der Waals surface area contributed by atoms with Crippen molar-refractivity contribution in [2.45, 2.75) is 43.3 Å². The number of halogens is 6. The Morgan fingerprint density at radius 1 is 1.12 bits per heavy atom. The fourth-order valence-corrected chi connectivity index (χ4v) is 2.14. The Morgan fingerprint density at radius 2 is 1.62 bits per heavy atom. The molecule has 0 bridgehead atoms. The monoisotopic (exact) mass is 358 g/mol. The van der Waals surface area contributed by atoms with Gasteiger partial charge in [-0.05, 0) is 24.6 Å². The first-order valence-electron chi connectivity index (χ1n) is 7.11. The normalized spacial score (nSPS) is 19.9. The average molecular weight is 358 g/mol. The molecule has 1 aromatic carbocycles. The molecule has 9 heteroatoms. The van der Waals surface area contributed by atoms with Gasteiger partial charge < -0.3 is 14.6 Å². The molecule has 2 atom stereocenters. The number of epoxide rings is 1. The number of ether oxygens (including phenoxy) is 2. The number of hydrogen-bond acceptors (Lipinski definition) is 3. The van der Waals surface area contributed by atoms with Crippen molar-refractivity contribution in [1.29, 1.82) is 0 Å². The van der Waals surface area contributed by atoms with Crippen molar-refractivity contribution >= 4 is 0 Å². The summed E-state index contributed by atoms with van der Waals surface area (Å²) in [6.07, 6.45) is -11.5. The zero-order valence-electron chi connectivity index (χ0n) is 12.6. The van der Waals surface area contributed by atoms with Crippen LogP contribution in [-0.2, 0) is 10.2 Å². The minimum absolute atomic E-state index is 0.0229. The predicted octanol–water partition coefficient (Wildman–Crippen LogP) is 3.60. The lowest BCUT2D eigenvalue weighted by Crippen LogP contribution is -2.51. The molecule has 1 N–H and O–H groups in total. The highest BCUT2D eigenvalue weighted by atomic mass is 19.4. The second-order valence-electron chi connectivity index (χ2n) is 5.80. The summed E-state index contributed by atoms with van der Waals surface area (Å²) in [5, 5.41) is 9.62. The first kappa shape index (κ1) is 18.9. The highest BCUT2D eigenvalue weighted by molar-refractivity contribution is 5.34. The van der Waals surface area contributed by atoms with Gasteiger partial charge in [0, 0.05) is 6.42 Å². The molecule has 2 unspecified atom stereocenters. The molecular formula is C15H16F6O3. The van der Waals surface area contributed by atoms with E-state index >= 15 is 0 Å². The zero-order valence-corrected chi connectivity index (χ0v) is 12.6. The predicted molar refractivity (Wildman–Crippen MR) is 71.8 cm³/mol. The van der Waals surface area contributed by atoms with E-state index in [0.717, 1.165) is 24.3 Å². The number of alkyl halides is 6. The summed E-state index contributed by atoms with van der Waals surface area (Å²) in [5.41, 5.74) is -4.90. The molecule has 1 aliphatic heterocycles. The molecule has 1 aromatic rings. The summed E-state index contributed by atoms with van der Waals surface area (Å²) in [5.74, 6) is 0.0706. The van der Waals surface area contributed by atoms with Gasteiger partial charge in [0.2, 0.25) is 0 Å². The maximum absolute atomic E-state index is 13.0. The summed E-state index contributed by atoms with van der Waals surface area (Å²) >= 11 is 0. The number of aliphatic hydroxyl groups excluding tert-OH is 1. The first-order chi connectivity index (χ1) is 10.9. The van der Waals surface area contributed by atoms with Crippen LogP contribution in [0.3, 0.4) is 0 Å². The second-order valence-corrected chi connectivity index (χ2v) is 5.80. The van der Waals surface area contributed by atoms with Crippen LogP contribution in [0.5, 0.6) is 5.75 Å².